The first-order valence-corrected chi connectivity index (χ1v) is 13.3. The maximum atomic E-state index is 11.1. The first kappa shape index (κ1) is 26.7. The maximum Gasteiger partial charge on any atom is 0.269 e. The number of rotatable bonds is 6. The van der Waals surface area contributed by atoms with Crippen molar-refractivity contribution in [3.63, 3.8) is 0 Å². The van der Waals surface area contributed by atoms with E-state index in [1.807, 2.05) is 6.07 Å². The van der Waals surface area contributed by atoms with Crippen LogP contribution in [0.25, 0.3) is 33.6 Å². The zero-order valence-electron chi connectivity index (χ0n) is 21.8. The summed E-state index contributed by atoms with van der Waals surface area (Å²) in [6, 6.07) is 28.8. The summed E-state index contributed by atoms with van der Waals surface area (Å²) in [5, 5.41) is 12.2. The Labute approximate surface area is 237 Å². The molecular weight excluding hydrogens is 529 g/mol. The fraction of sp³-hybridized carbons (Fsp3) is 0.156. The SMILES string of the molecule is CC(C)(C)c1ccc(-c2ccc(Cc3nc(-c4ccc([N+](=O)[O-])cc4)c(-c4ccc(Cl)cc4Cl)[nH]3)cc2)cc1. The van der Waals surface area contributed by atoms with E-state index in [1.54, 1.807) is 24.3 Å². The van der Waals surface area contributed by atoms with E-state index in [0.29, 0.717) is 22.2 Å². The number of nitrogens with zero attached hydrogens (tertiary/aromatic N) is 2. The lowest BCUT2D eigenvalue weighted by Crippen LogP contribution is -2.10. The van der Waals surface area contributed by atoms with Crippen LogP contribution in [0.1, 0.15) is 37.7 Å². The highest BCUT2D eigenvalue weighted by atomic mass is 35.5. The van der Waals surface area contributed by atoms with Crippen molar-refractivity contribution in [3.8, 4) is 33.6 Å². The van der Waals surface area contributed by atoms with Gasteiger partial charge >= 0.3 is 0 Å². The van der Waals surface area contributed by atoms with Gasteiger partial charge in [0.15, 0.2) is 0 Å². The fourth-order valence-corrected chi connectivity index (χ4v) is 5.02. The third-order valence-corrected chi connectivity index (χ3v) is 7.26. The molecule has 0 atom stereocenters. The summed E-state index contributed by atoms with van der Waals surface area (Å²) >= 11 is 12.7. The molecule has 0 radical (unpaired) electrons. The largest absolute Gasteiger partial charge is 0.341 e. The third-order valence-electron chi connectivity index (χ3n) is 6.71. The van der Waals surface area contributed by atoms with Gasteiger partial charge in [0.1, 0.15) is 5.82 Å². The molecule has 0 fully saturated rings. The van der Waals surface area contributed by atoms with Gasteiger partial charge in [-0.15, -0.1) is 0 Å². The molecule has 5 rings (SSSR count). The molecule has 0 aliphatic rings. The summed E-state index contributed by atoms with van der Waals surface area (Å²) in [5.74, 6) is 0.756. The van der Waals surface area contributed by atoms with Crippen molar-refractivity contribution in [3.05, 3.63) is 128 Å². The van der Waals surface area contributed by atoms with Crippen LogP contribution in [-0.2, 0) is 11.8 Å². The monoisotopic (exact) mass is 555 g/mol. The predicted octanol–water partition coefficient (Wildman–Crippen LogP) is 9.51. The lowest BCUT2D eigenvalue weighted by atomic mass is 9.86. The predicted molar refractivity (Wildman–Crippen MR) is 160 cm³/mol. The highest BCUT2D eigenvalue weighted by molar-refractivity contribution is 6.36. The van der Waals surface area contributed by atoms with Crippen LogP contribution in [0.4, 0.5) is 5.69 Å². The van der Waals surface area contributed by atoms with Gasteiger partial charge in [0.05, 0.1) is 21.3 Å². The van der Waals surface area contributed by atoms with Crippen molar-refractivity contribution < 1.29 is 4.92 Å². The van der Waals surface area contributed by atoms with Gasteiger partial charge in [-0.1, -0.05) is 92.5 Å². The van der Waals surface area contributed by atoms with Crippen LogP contribution in [0.5, 0.6) is 0 Å². The second kappa shape index (κ2) is 10.7. The van der Waals surface area contributed by atoms with E-state index in [4.69, 9.17) is 28.2 Å². The number of aromatic nitrogens is 2. The Morgan fingerprint density at radius 1 is 0.821 bits per heavy atom. The van der Waals surface area contributed by atoms with E-state index in [-0.39, 0.29) is 11.1 Å². The Bertz CT molecular complexity index is 1630. The number of nitro benzene ring substituents is 1. The lowest BCUT2D eigenvalue weighted by Gasteiger charge is -2.19. The molecule has 1 N–H and O–H groups in total. The molecule has 0 saturated carbocycles. The number of aromatic amines is 1. The fourth-order valence-electron chi connectivity index (χ4n) is 4.51. The molecule has 0 spiro atoms. The number of nitro groups is 1. The number of non-ortho nitro benzene ring substituents is 1. The van der Waals surface area contributed by atoms with Crippen molar-refractivity contribution >= 4 is 28.9 Å². The van der Waals surface area contributed by atoms with Gasteiger partial charge in [0.2, 0.25) is 0 Å². The highest BCUT2D eigenvalue weighted by Crippen LogP contribution is 2.36. The quantitative estimate of drug-likeness (QED) is 0.167. The van der Waals surface area contributed by atoms with Crippen molar-refractivity contribution in [2.24, 2.45) is 0 Å². The zero-order valence-corrected chi connectivity index (χ0v) is 23.3. The lowest BCUT2D eigenvalue weighted by molar-refractivity contribution is -0.384. The molecule has 39 heavy (non-hydrogen) atoms. The molecule has 0 unspecified atom stereocenters. The Morgan fingerprint density at radius 3 is 1.97 bits per heavy atom. The van der Waals surface area contributed by atoms with Gasteiger partial charge in [-0.05, 0) is 58.0 Å². The van der Waals surface area contributed by atoms with Crippen molar-refractivity contribution in [2.75, 3.05) is 0 Å². The first-order chi connectivity index (χ1) is 18.6. The minimum Gasteiger partial charge on any atom is -0.341 e. The van der Waals surface area contributed by atoms with Gasteiger partial charge < -0.3 is 4.98 Å². The second-order valence-corrected chi connectivity index (χ2v) is 11.4. The number of nitrogens with one attached hydrogen (secondary N) is 1. The summed E-state index contributed by atoms with van der Waals surface area (Å²) < 4.78 is 0. The molecule has 7 heteroatoms. The third kappa shape index (κ3) is 5.90. The molecule has 196 valence electrons. The molecule has 0 amide bonds. The molecule has 0 bridgehead atoms. The summed E-state index contributed by atoms with van der Waals surface area (Å²) in [6.45, 7) is 6.64. The molecule has 0 aliphatic carbocycles. The van der Waals surface area contributed by atoms with Gasteiger partial charge in [-0.25, -0.2) is 4.98 Å². The zero-order chi connectivity index (χ0) is 27.7. The Morgan fingerprint density at radius 2 is 1.41 bits per heavy atom. The van der Waals surface area contributed by atoms with Crippen molar-refractivity contribution in [1.82, 2.24) is 9.97 Å². The summed E-state index contributed by atoms with van der Waals surface area (Å²) in [4.78, 5) is 19.0. The molecular formula is C32H27Cl2N3O2. The number of imidazole rings is 1. The summed E-state index contributed by atoms with van der Waals surface area (Å²) in [6.07, 6.45) is 0.578. The number of hydrogen-bond donors (Lipinski definition) is 1. The molecule has 0 saturated heterocycles. The van der Waals surface area contributed by atoms with Crippen LogP contribution in [0.3, 0.4) is 0 Å². The number of benzene rings is 4. The molecule has 0 aliphatic heterocycles. The standard InChI is InChI=1S/C32H27Cl2N3O2/c1-32(2,3)24-12-8-22(9-13-24)21-6-4-20(5-7-21)18-29-35-30(23-10-15-26(16-11-23)37(38)39)31(36-29)27-17-14-25(33)19-28(27)34/h4-17,19H,18H2,1-3H3,(H,35,36). The van der Waals surface area contributed by atoms with Gasteiger partial charge in [0.25, 0.3) is 5.69 Å². The van der Waals surface area contributed by atoms with E-state index in [2.05, 4.69) is 74.3 Å². The average molecular weight is 556 g/mol. The van der Waals surface area contributed by atoms with Gasteiger partial charge in [-0.3, -0.25) is 10.1 Å². The van der Waals surface area contributed by atoms with Crippen LogP contribution in [0.2, 0.25) is 10.0 Å². The number of H-pyrrole nitrogens is 1. The summed E-state index contributed by atoms with van der Waals surface area (Å²) in [5.41, 5.74) is 7.77. The van der Waals surface area contributed by atoms with Gasteiger partial charge in [-0.2, -0.15) is 0 Å². The smallest absolute Gasteiger partial charge is 0.269 e. The molecule has 4 aromatic carbocycles. The minimum absolute atomic E-state index is 0.0220. The van der Waals surface area contributed by atoms with Crippen LogP contribution in [0.15, 0.2) is 91.0 Å². The van der Waals surface area contributed by atoms with Crippen molar-refractivity contribution in [1.29, 1.82) is 0 Å². The normalized spacial score (nSPS) is 11.5. The molecule has 1 heterocycles. The van der Waals surface area contributed by atoms with E-state index in [1.165, 1.54) is 23.3 Å². The van der Waals surface area contributed by atoms with E-state index in [9.17, 15) is 10.1 Å². The van der Waals surface area contributed by atoms with Gasteiger partial charge in [0, 0.05) is 34.7 Å². The second-order valence-electron chi connectivity index (χ2n) is 10.5. The first-order valence-electron chi connectivity index (χ1n) is 12.6. The maximum absolute atomic E-state index is 11.1. The van der Waals surface area contributed by atoms with Crippen molar-refractivity contribution in [2.45, 2.75) is 32.6 Å². The van der Waals surface area contributed by atoms with Crippen LogP contribution in [0, 0.1) is 10.1 Å². The Hall–Kier alpha value is -3.93. The van der Waals surface area contributed by atoms with Crippen LogP contribution in [-0.4, -0.2) is 14.9 Å². The van der Waals surface area contributed by atoms with Crippen LogP contribution < -0.4 is 0 Å². The molecule has 5 nitrogen and oxygen atoms in total. The average Bonchev–Trinajstić information content (AvgIpc) is 3.32. The molecule has 1 aromatic heterocycles. The number of hydrogen-bond acceptors (Lipinski definition) is 3. The van der Waals surface area contributed by atoms with E-state index < -0.39 is 4.92 Å². The van der Waals surface area contributed by atoms with E-state index >= 15 is 0 Å². The minimum atomic E-state index is -0.417. The Kier molecular flexibility index (Phi) is 7.30. The Balaban J connectivity index is 1.46. The molecule has 5 aromatic rings. The highest BCUT2D eigenvalue weighted by Gasteiger charge is 2.18. The van der Waals surface area contributed by atoms with Crippen LogP contribution >= 0.6 is 23.2 Å². The summed E-state index contributed by atoms with van der Waals surface area (Å²) in [7, 11) is 0. The topological polar surface area (TPSA) is 71.8 Å². The number of halogens is 2. The van der Waals surface area contributed by atoms with E-state index in [0.717, 1.165) is 33.8 Å².